The summed E-state index contributed by atoms with van der Waals surface area (Å²) in [7, 11) is 0. The van der Waals surface area contributed by atoms with E-state index < -0.39 is 0 Å². The van der Waals surface area contributed by atoms with Crippen LogP contribution >= 0.6 is 0 Å². The maximum atomic E-state index is 6.08. The number of hydrogen-bond acceptors (Lipinski definition) is 3. The van der Waals surface area contributed by atoms with Gasteiger partial charge in [-0.2, -0.15) is 0 Å². The monoisotopic (exact) mass is 205 g/mol. The van der Waals surface area contributed by atoms with E-state index in [9.17, 15) is 0 Å². The van der Waals surface area contributed by atoms with Gasteiger partial charge >= 0.3 is 0 Å². The number of aromatic nitrogens is 2. The van der Waals surface area contributed by atoms with E-state index in [0.717, 1.165) is 12.8 Å². The van der Waals surface area contributed by atoms with Gasteiger partial charge in [-0.25, -0.2) is 9.97 Å². The van der Waals surface area contributed by atoms with Crippen molar-refractivity contribution in [3.8, 4) is 0 Å². The van der Waals surface area contributed by atoms with Crippen LogP contribution in [0.25, 0.3) is 0 Å². The molecule has 0 spiro atoms. The zero-order valence-electron chi connectivity index (χ0n) is 9.53. The van der Waals surface area contributed by atoms with Gasteiger partial charge in [-0.15, -0.1) is 0 Å². The summed E-state index contributed by atoms with van der Waals surface area (Å²) >= 11 is 0. The zero-order valence-corrected chi connectivity index (χ0v) is 9.53. The first kappa shape index (κ1) is 10.6. The van der Waals surface area contributed by atoms with Gasteiger partial charge in [0.2, 0.25) is 0 Å². The number of aryl methyl sites for hydroxylation is 1. The van der Waals surface area contributed by atoms with Crippen LogP contribution in [0.15, 0.2) is 12.5 Å². The molecule has 0 unspecified atom stereocenters. The van der Waals surface area contributed by atoms with Gasteiger partial charge < -0.3 is 5.73 Å². The molecule has 0 aliphatic heterocycles. The second kappa shape index (κ2) is 3.89. The SMILES string of the molecule is CC(C)c1ncncc1CCC1(N)CC1. The summed E-state index contributed by atoms with van der Waals surface area (Å²) in [4.78, 5) is 8.44. The van der Waals surface area contributed by atoms with Crippen molar-refractivity contribution in [3.05, 3.63) is 23.8 Å². The van der Waals surface area contributed by atoms with Crippen molar-refractivity contribution in [2.24, 2.45) is 5.73 Å². The molecule has 0 radical (unpaired) electrons. The Hall–Kier alpha value is -0.960. The molecule has 1 aromatic rings. The lowest BCUT2D eigenvalue weighted by Crippen LogP contribution is -2.22. The Morgan fingerprint density at radius 3 is 2.80 bits per heavy atom. The average molecular weight is 205 g/mol. The lowest BCUT2D eigenvalue weighted by molar-refractivity contribution is 0.601. The van der Waals surface area contributed by atoms with Gasteiger partial charge in [0.15, 0.2) is 0 Å². The van der Waals surface area contributed by atoms with E-state index in [1.165, 1.54) is 24.1 Å². The molecule has 2 rings (SSSR count). The zero-order chi connectivity index (χ0) is 10.9. The van der Waals surface area contributed by atoms with Crippen LogP contribution in [0, 0.1) is 0 Å². The molecule has 1 fully saturated rings. The molecule has 1 aliphatic rings. The largest absolute Gasteiger partial charge is 0.325 e. The molecule has 0 aromatic carbocycles. The van der Waals surface area contributed by atoms with Crippen LogP contribution in [0.2, 0.25) is 0 Å². The maximum Gasteiger partial charge on any atom is 0.115 e. The molecule has 82 valence electrons. The third kappa shape index (κ3) is 2.53. The minimum Gasteiger partial charge on any atom is -0.325 e. The summed E-state index contributed by atoms with van der Waals surface area (Å²) in [6.07, 6.45) is 8.02. The van der Waals surface area contributed by atoms with E-state index >= 15 is 0 Å². The van der Waals surface area contributed by atoms with Crippen molar-refractivity contribution in [2.45, 2.75) is 51.0 Å². The van der Waals surface area contributed by atoms with Crippen molar-refractivity contribution in [3.63, 3.8) is 0 Å². The fourth-order valence-electron chi connectivity index (χ4n) is 1.87. The third-order valence-electron chi connectivity index (χ3n) is 3.15. The smallest absolute Gasteiger partial charge is 0.115 e. The topological polar surface area (TPSA) is 51.8 Å². The first-order valence-electron chi connectivity index (χ1n) is 5.68. The van der Waals surface area contributed by atoms with Crippen LogP contribution in [0.1, 0.15) is 50.3 Å². The molecule has 15 heavy (non-hydrogen) atoms. The van der Waals surface area contributed by atoms with Crippen LogP contribution in [0.4, 0.5) is 0 Å². The lowest BCUT2D eigenvalue weighted by Gasteiger charge is -2.12. The second-order valence-electron chi connectivity index (χ2n) is 4.95. The van der Waals surface area contributed by atoms with E-state index in [1.54, 1.807) is 6.33 Å². The number of rotatable bonds is 4. The Morgan fingerprint density at radius 2 is 2.20 bits per heavy atom. The second-order valence-corrected chi connectivity index (χ2v) is 4.95. The average Bonchev–Trinajstić information content (AvgIpc) is 2.95. The Balaban J connectivity index is 2.06. The summed E-state index contributed by atoms with van der Waals surface area (Å²) in [5.41, 5.74) is 8.65. The summed E-state index contributed by atoms with van der Waals surface area (Å²) < 4.78 is 0. The van der Waals surface area contributed by atoms with E-state index in [4.69, 9.17) is 5.73 Å². The molecule has 1 aromatic heterocycles. The number of hydrogen-bond donors (Lipinski definition) is 1. The molecule has 0 atom stereocenters. The van der Waals surface area contributed by atoms with E-state index in [0.29, 0.717) is 5.92 Å². The minimum atomic E-state index is 0.129. The van der Waals surface area contributed by atoms with Crippen LogP contribution in [-0.4, -0.2) is 15.5 Å². The van der Waals surface area contributed by atoms with Gasteiger partial charge in [0.25, 0.3) is 0 Å². The highest BCUT2D eigenvalue weighted by molar-refractivity contribution is 5.20. The van der Waals surface area contributed by atoms with Gasteiger partial charge in [-0.1, -0.05) is 13.8 Å². The highest BCUT2D eigenvalue weighted by Gasteiger charge is 2.37. The van der Waals surface area contributed by atoms with Crippen LogP contribution in [-0.2, 0) is 6.42 Å². The number of nitrogens with two attached hydrogens (primary N) is 1. The maximum absolute atomic E-state index is 6.08. The van der Waals surface area contributed by atoms with Gasteiger partial charge in [-0.3, -0.25) is 0 Å². The van der Waals surface area contributed by atoms with Crippen LogP contribution in [0.3, 0.4) is 0 Å². The molecule has 3 heteroatoms. The third-order valence-corrected chi connectivity index (χ3v) is 3.15. The lowest BCUT2D eigenvalue weighted by atomic mass is 9.99. The quantitative estimate of drug-likeness (QED) is 0.818. The Bertz CT molecular complexity index is 342. The molecule has 0 bridgehead atoms. The van der Waals surface area contributed by atoms with Crippen molar-refractivity contribution in [1.29, 1.82) is 0 Å². The van der Waals surface area contributed by atoms with Crippen molar-refractivity contribution < 1.29 is 0 Å². The Kier molecular flexibility index (Phi) is 2.74. The molecule has 2 N–H and O–H groups in total. The first-order valence-corrected chi connectivity index (χ1v) is 5.68. The number of nitrogens with zero attached hydrogens (tertiary/aromatic N) is 2. The normalized spacial score (nSPS) is 18.1. The highest BCUT2D eigenvalue weighted by atomic mass is 14.8. The Labute approximate surface area is 91.1 Å². The molecule has 1 saturated carbocycles. The summed E-state index contributed by atoms with van der Waals surface area (Å²) in [6, 6.07) is 0. The van der Waals surface area contributed by atoms with E-state index in [-0.39, 0.29) is 5.54 Å². The fraction of sp³-hybridized carbons (Fsp3) is 0.667. The molecule has 0 amide bonds. The minimum absolute atomic E-state index is 0.129. The van der Waals surface area contributed by atoms with Gasteiger partial charge in [-0.05, 0) is 37.2 Å². The molecule has 1 aliphatic carbocycles. The highest BCUT2D eigenvalue weighted by Crippen LogP contribution is 2.36. The first-order chi connectivity index (χ1) is 7.11. The molecule has 0 saturated heterocycles. The van der Waals surface area contributed by atoms with E-state index in [1.807, 2.05) is 6.20 Å². The van der Waals surface area contributed by atoms with Gasteiger partial charge in [0.05, 0.1) is 0 Å². The van der Waals surface area contributed by atoms with Gasteiger partial charge in [0.1, 0.15) is 6.33 Å². The summed E-state index contributed by atoms with van der Waals surface area (Å²) in [5, 5.41) is 0. The predicted octanol–water partition coefficient (Wildman–Crippen LogP) is 2.02. The van der Waals surface area contributed by atoms with Crippen molar-refractivity contribution in [2.75, 3.05) is 0 Å². The van der Waals surface area contributed by atoms with Gasteiger partial charge in [0, 0.05) is 17.4 Å². The van der Waals surface area contributed by atoms with E-state index in [2.05, 4.69) is 23.8 Å². The van der Waals surface area contributed by atoms with Crippen molar-refractivity contribution >= 4 is 0 Å². The molecule has 3 nitrogen and oxygen atoms in total. The van der Waals surface area contributed by atoms with Crippen LogP contribution in [0.5, 0.6) is 0 Å². The van der Waals surface area contributed by atoms with Crippen LogP contribution < -0.4 is 5.73 Å². The molecule has 1 heterocycles. The fourth-order valence-corrected chi connectivity index (χ4v) is 1.87. The standard InChI is InChI=1S/C12H19N3/c1-9(2)11-10(7-14-8-15-11)3-4-12(13)5-6-12/h7-9H,3-6,13H2,1-2H3. The predicted molar refractivity (Wildman–Crippen MR) is 60.6 cm³/mol. The molecular formula is C12H19N3. The summed E-state index contributed by atoms with van der Waals surface area (Å²) in [5.74, 6) is 0.468. The summed E-state index contributed by atoms with van der Waals surface area (Å²) in [6.45, 7) is 4.34. The van der Waals surface area contributed by atoms with Crippen molar-refractivity contribution in [1.82, 2.24) is 9.97 Å². The molecular weight excluding hydrogens is 186 g/mol. The Morgan fingerprint density at radius 1 is 1.47 bits per heavy atom.